The molecule has 98 valence electrons. The molecule has 0 unspecified atom stereocenters. The molecular weight excluding hydrogens is 320 g/mol. The van der Waals surface area contributed by atoms with Crippen LogP contribution in [0.2, 0.25) is 5.02 Å². The van der Waals surface area contributed by atoms with E-state index >= 15 is 0 Å². The molecule has 6 heteroatoms. The molecule has 0 heterocycles. The smallest absolute Gasteiger partial charge is 0.244 e. The Morgan fingerprint density at radius 2 is 2.28 bits per heavy atom. The zero-order valence-electron chi connectivity index (χ0n) is 9.93. The summed E-state index contributed by atoms with van der Waals surface area (Å²) in [6, 6.07) is 3.37. The minimum absolute atomic E-state index is 0.197. The Kier molecular flexibility index (Phi) is 3.84. The zero-order chi connectivity index (χ0) is 13.3. The molecule has 18 heavy (non-hydrogen) atoms. The van der Waals surface area contributed by atoms with Crippen LogP contribution in [-0.4, -0.2) is 18.1 Å². The molecule has 0 radical (unpaired) electrons. The monoisotopic (exact) mass is 332 g/mol. The fourth-order valence-electron chi connectivity index (χ4n) is 1.55. The van der Waals surface area contributed by atoms with Crippen LogP contribution in [0, 0.1) is 0 Å². The number of ether oxygens (including phenoxy) is 1. The minimum Gasteiger partial charge on any atom is -0.491 e. The zero-order valence-corrected chi connectivity index (χ0v) is 12.3. The van der Waals surface area contributed by atoms with Crippen LogP contribution in [0.15, 0.2) is 16.6 Å². The lowest BCUT2D eigenvalue weighted by Gasteiger charge is -2.15. The van der Waals surface area contributed by atoms with Crippen molar-refractivity contribution in [3.63, 3.8) is 0 Å². The summed E-state index contributed by atoms with van der Waals surface area (Å²) < 4.78 is 6.20. The number of carbonyl (C=O) groups is 1. The highest BCUT2D eigenvalue weighted by molar-refractivity contribution is 9.10. The topological polar surface area (TPSA) is 64.3 Å². The van der Waals surface area contributed by atoms with E-state index < -0.39 is 5.54 Å². The molecule has 1 aliphatic rings. The molecule has 0 saturated heterocycles. The van der Waals surface area contributed by atoms with Crippen LogP contribution >= 0.6 is 27.5 Å². The Balaban J connectivity index is 2.27. The molecule has 4 nitrogen and oxygen atoms in total. The van der Waals surface area contributed by atoms with Gasteiger partial charge >= 0.3 is 0 Å². The molecule has 2 rings (SSSR count). The number of amides is 1. The van der Waals surface area contributed by atoms with Gasteiger partial charge in [0.15, 0.2) is 5.75 Å². The highest BCUT2D eigenvalue weighted by atomic mass is 79.9. The SMILES string of the molecule is CCOc1c(Br)cc(Cl)cc1NC(=O)C1(N)CC1. The van der Waals surface area contributed by atoms with Crippen LogP contribution in [0.4, 0.5) is 5.69 Å². The largest absolute Gasteiger partial charge is 0.491 e. The van der Waals surface area contributed by atoms with Gasteiger partial charge in [0, 0.05) is 5.02 Å². The van der Waals surface area contributed by atoms with E-state index in [1.54, 1.807) is 12.1 Å². The lowest BCUT2D eigenvalue weighted by atomic mass is 10.2. The third-order valence-electron chi connectivity index (χ3n) is 2.79. The number of hydrogen-bond donors (Lipinski definition) is 2. The highest BCUT2D eigenvalue weighted by Crippen LogP contribution is 2.39. The molecule has 0 bridgehead atoms. The Hall–Kier alpha value is -0.780. The van der Waals surface area contributed by atoms with Gasteiger partial charge in [-0.25, -0.2) is 0 Å². The van der Waals surface area contributed by atoms with Crippen LogP contribution in [0.3, 0.4) is 0 Å². The summed E-state index contributed by atoms with van der Waals surface area (Å²) in [5, 5.41) is 3.29. The minimum atomic E-state index is -0.724. The second kappa shape index (κ2) is 5.07. The Labute approximate surface area is 119 Å². The van der Waals surface area contributed by atoms with E-state index in [1.807, 2.05) is 6.92 Å². The Morgan fingerprint density at radius 1 is 1.61 bits per heavy atom. The average molecular weight is 334 g/mol. The maximum atomic E-state index is 11.9. The van der Waals surface area contributed by atoms with Gasteiger partial charge in [-0.1, -0.05) is 11.6 Å². The van der Waals surface area contributed by atoms with Gasteiger partial charge < -0.3 is 15.8 Å². The van der Waals surface area contributed by atoms with Crippen LogP contribution in [-0.2, 0) is 4.79 Å². The third-order valence-corrected chi connectivity index (χ3v) is 3.59. The molecule has 1 aromatic rings. The van der Waals surface area contributed by atoms with Crippen LogP contribution in [0.25, 0.3) is 0 Å². The van der Waals surface area contributed by atoms with Crippen LogP contribution in [0.5, 0.6) is 5.75 Å². The lowest BCUT2D eigenvalue weighted by Crippen LogP contribution is -2.37. The van der Waals surface area contributed by atoms with Gasteiger partial charge in [-0.15, -0.1) is 0 Å². The summed E-state index contributed by atoms with van der Waals surface area (Å²) in [6.45, 7) is 2.37. The fraction of sp³-hybridized carbons (Fsp3) is 0.417. The van der Waals surface area contributed by atoms with Gasteiger partial charge in [0.25, 0.3) is 0 Å². The molecule has 0 spiro atoms. The first kappa shape index (κ1) is 13.6. The van der Waals surface area contributed by atoms with E-state index in [0.717, 1.165) is 0 Å². The van der Waals surface area contributed by atoms with Crippen molar-refractivity contribution in [2.45, 2.75) is 25.3 Å². The number of halogens is 2. The molecule has 0 aliphatic heterocycles. The Morgan fingerprint density at radius 3 is 2.83 bits per heavy atom. The van der Waals surface area contributed by atoms with Crippen molar-refractivity contribution in [1.82, 2.24) is 0 Å². The van der Waals surface area contributed by atoms with Gasteiger partial charge in [0.2, 0.25) is 5.91 Å². The molecule has 3 N–H and O–H groups in total. The summed E-state index contributed by atoms with van der Waals surface area (Å²) in [6.07, 6.45) is 1.43. The predicted molar refractivity (Wildman–Crippen MR) is 75.1 cm³/mol. The van der Waals surface area contributed by atoms with Crippen molar-refractivity contribution in [2.24, 2.45) is 5.73 Å². The lowest BCUT2D eigenvalue weighted by molar-refractivity contribution is -0.118. The summed E-state index contributed by atoms with van der Waals surface area (Å²) in [7, 11) is 0. The summed E-state index contributed by atoms with van der Waals surface area (Å²) >= 11 is 9.33. The van der Waals surface area contributed by atoms with Gasteiger partial charge in [-0.3, -0.25) is 4.79 Å². The number of carbonyl (C=O) groups excluding carboxylic acids is 1. The highest BCUT2D eigenvalue weighted by Gasteiger charge is 2.46. The quantitative estimate of drug-likeness (QED) is 0.890. The first-order valence-corrected chi connectivity index (χ1v) is 6.85. The first-order valence-electron chi connectivity index (χ1n) is 5.68. The second-order valence-corrected chi connectivity index (χ2v) is 5.60. The van der Waals surface area contributed by atoms with Crippen molar-refractivity contribution < 1.29 is 9.53 Å². The second-order valence-electron chi connectivity index (χ2n) is 4.31. The maximum Gasteiger partial charge on any atom is 0.244 e. The maximum absolute atomic E-state index is 11.9. The van der Waals surface area contributed by atoms with E-state index in [9.17, 15) is 4.79 Å². The van der Waals surface area contributed by atoms with Crippen molar-refractivity contribution in [1.29, 1.82) is 0 Å². The number of anilines is 1. The number of nitrogens with two attached hydrogens (primary N) is 1. The molecule has 0 aromatic heterocycles. The molecule has 1 aliphatic carbocycles. The normalized spacial score (nSPS) is 16.2. The first-order chi connectivity index (χ1) is 8.46. The van der Waals surface area contributed by atoms with Crippen molar-refractivity contribution in [2.75, 3.05) is 11.9 Å². The van der Waals surface area contributed by atoms with Gasteiger partial charge in [0.1, 0.15) is 0 Å². The van der Waals surface area contributed by atoms with E-state index in [4.69, 9.17) is 22.1 Å². The number of hydrogen-bond acceptors (Lipinski definition) is 3. The third kappa shape index (κ3) is 2.79. The van der Waals surface area contributed by atoms with E-state index in [0.29, 0.717) is 40.4 Å². The van der Waals surface area contributed by atoms with Crippen LogP contribution < -0.4 is 15.8 Å². The number of nitrogens with one attached hydrogen (secondary N) is 1. The molecular formula is C12H14BrClN2O2. The predicted octanol–water partition coefficient (Wildman–Crippen LogP) is 2.93. The average Bonchev–Trinajstić information content (AvgIpc) is 3.03. The molecule has 1 aromatic carbocycles. The van der Waals surface area contributed by atoms with E-state index in [-0.39, 0.29) is 5.91 Å². The fourth-order valence-corrected chi connectivity index (χ4v) is 2.48. The van der Waals surface area contributed by atoms with Gasteiger partial charge in [0.05, 0.1) is 22.3 Å². The summed E-state index contributed by atoms with van der Waals surface area (Å²) in [5.74, 6) is 0.372. The van der Waals surface area contributed by atoms with Crippen LogP contribution in [0.1, 0.15) is 19.8 Å². The number of benzene rings is 1. The summed E-state index contributed by atoms with van der Waals surface area (Å²) in [5.41, 5.74) is 5.66. The number of rotatable bonds is 4. The van der Waals surface area contributed by atoms with Crippen molar-refractivity contribution in [3.8, 4) is 5.75 Å². The van der Waals surface area contributed by atoms with E-state index in [2.05, 4.69) is 21.2 Å². The van der Waals surface area contributed by atoms with Gasteiger partial charge in [-0.05, 0) is 47.8 Å². The van der Waals surface area contributed by atoms with Crippen molar-refractivity contribution >= 4 is 39.1 Å². The molecule has 1 amide bonds. The van der Waals surface area contributed by atoms with Gasteiger partial charge in [-0.2, -0.15) is 0 Å². The summed E-state index contributed by atoms with van der Waals surface area (Å²) in [4.78, 5) is 11.9. The molecule has 1 fully saturated rings. The Bertz CT molecular complexity index is 489. The standard InChI is InChI=1S/C12H14BrClN2O2/c1-2-18-10-8(13)5-7(14)6-9(10)16-11(17)12(15)3-4-12/h5-6H,2-4,15H2,1H3,(H,16,17). The van der Waals surface area contributed by atoms with E-state index in [1.165, 1.54) is 0 Å². The molecule has 0 atom stereocenters. The van der Waals surface area contributed by atoms with Crippen molar-refractivity contribution in [3.05, 3.63) is 21.6 Å². The molecule has 1 saturated carbocycles.